The summed E-state index contributed by atoms with van der Waals surface area (Å²) in [6, 6.07) is 7.22. The van der Waals surface area contributed by atoms with Crippen LogP contribution in [-0.2, 0) is 34.2 Å². The van der Waals surface area contributed by atoms with Crippen molar-refractivity contribution in [3.8, 4) is 5.75 Å². The fourth-order valence-electron chi connectivity index (χ4n) is 6.39. The van der Waals surface area contributed by atoms with E-state index in [2.05, 4.69) is 15.6 Å². The minimum absolute atomic E-state index is 0.00212. The van der Waals surface area contributed by atoms with Crippen LogP contribution in [0.5, 0.6) is 5.75 Å². The number of thiocarbonyl (C=S) groups is 1. The molecule has 224 valence electrons. The molecule has 2 aromatic rings. The quantitative estimate of drug-likeness (QED) is 0.305. The van der Waals surface area contributed by atoms with Crippen molar-refractivity contribution in [1.82, 2.24) is 25.1 Å². The molecule has 0 bridgehead atoms. The molecule has 1 atom stereocenters. The Morgan fingerprint density at radius 1 is 1.15 bits per heavy atom. The van der Waals surface area contributed by atoms with Crippen LogP contribution in [0.25, 0.3) is 0 Å². The number of aromatic nitrogens is 2. The molecule has 2 N–H and O–H groups in total. The van der Waals surface area contributed by atoms with Gasteiger partial charge in [-0.05, 0) is 68.4 Å². The van der Waals surface area contributed by atoms with Crippen LogP contribution in [0.15, 0.2) is 36.8 Å². The van der Waals surface area contributed by atoms with Crippen molar-refractivity contribution >= 4 is 29.2 Å². The van der Waals surface area contributed by atoms with Gasteiger partial charge in [0.15, 0.2) is 5.11 Å². The average Bonchev–Trinajstić information content (AvgIpc) is 3.41. The number of rotatable bonds is 11. The molecule has 2 aliphatic rings. The topological polar surface area (TPSA) is 97.7 Å². The summed E-state index contributed by atoms with van der Waals surface area (Å²) in [5, 5.41) is 6.99. The second-order valence-corrected chi connectivity index (χ2v) is 11.7. The lowest BCUT2D eigenvalue weighted by Gasteiger charge is -2.46. The molecule has 9 nitrogen and oxygen atoms in total. The van der Waals surface area contributed by atoms with Gasteiger partial charge in [0.25, 0.3) is 0 Å². The summed E-state index contributed by atoms with van der Waals surface area (Å²) in [6.45, 7) is 3.95. The van der Waals surface area contributed by atoms with E-state index < -0.39 is 11.5 Å². The maximum atomic E-state index is 14.0. The maximum absolute atomic E-state index is 14.0. The highest BCUT2D eigenvalue weighted by Gasteiger charge is 2.49. The van der Waals surface area contributed by atoms with E-state index in [9.17, 15) is 9.59 Å². The summed E-state index contributed by atoms with van der Waals surface area (Å²) in [5.74, 6) is 1.02. The van der Waals surface area contributed by atoms with Gasteiger partial charge in [0.2, 0.25) is 5.91 Å². The number of benzene rings is 1. The molecule has 0 spiro atoms. The zero-order valence-corrected chi connectivity index (χ0v) is 25.5. The third-order valence-electron chi connectivity index (χ3n) is 8.82. The summed E-state index contributed by atoms with van der Waals surface area (Å²) in [7, 11) is 3.60. The number of carbonyl (C=O) groups excluding carboxylic acids is 2. The van der Waals surface area contributed by atoms with Gasteiger partial charge in [0, 0.05) is 51.4 Å². The Bertz CT molecular complexity index is 1150. The Morgan fingerprint density at radius 2 is 1.85 bits per heavy atom. The number of nitrogens with zero attached hydrogens (tertiary/aromatic N) is 3. The summed E-state index contributed by atoms with van der Waals surface area (Å²) in [5.41, 5.74) is 1.62. The van der Waals surface area contributed by atoms with Gasteiger partial charge in [0.05, 0.1) is 25.5 Å². The van der Waals surface area contributed by atoms with Crippen molar-refractivity contribution in [2.75, 3.05) is 33.4 Å². The van der Waals surface area contributed by atoms with Crippen LogP contribution in [0.4, 0.5) is 0 Å². The van der Waals surface area contributed by atoms with Crippen LogP contribution in [0, 0.1) is 11.3 Å². The van der Waals surface area contributed by atoms with Crippen LogP contribution in [0.1, 0.15) is 63.1 Å². The standard InChI is InChI=1S/C31H45N5O4S/c1-4-40-29(38)31(24-8-6-5-7-9-24)15-18-36(19-16-31)28(37)27(20-23-10-12-26(39-3)13-11-23)34-30(41)33-17-14-25-21-32-22-35(25)2/h10-13,21-22,24,27H,4-9,14-20H2,1-3H3,(H2,33,34,41). The second-order valence-electron chi connectivity index (χ2n) is 11.3. The van der Waals surface area contributed by atoms with Crippen molar-refractivity contribution in [1.29, 1.82) is 0 Å². The molecule has 1 aromatic carbocycles. The van der Waals surface area contributed by atoms with Crippen molar-refractivity contribution < 1.29 is 19.1 Å². The lowest BCUT2D eigenvalue weighted by atomic mass is 9.63. The van der Waals surface area contributed by atoms with Crippen molar-refractivity contribution in [3.63, 3.8) is 0 Å². The highest BCUT2D eigenvalue weighted by molar-refractivity contribution is 7.80. The van der Waals surface area contributed by atoms with Gasteiger partial charge in [-0.25, -0.2) is 4.98 Å². The highest BCUT2D eigenvalue weighted by Crippen LogP contribution is 2.47. The van der Waals surface area contributed by atoms with Crippen LogP contribution >= 0.6 is 12.2 Å². The van der Waals surface area contributed by atoms with Gasteiger partial charge in [-0.1, -0.05) is 31.4 Å². The Morgan fingerprint density at radius 3 is 2.46 bits per heavy atom. The SMILES string of the molecule is CCOC(=O)C1(C2CCCCC2)CCN(C(=O)C(Cc2ccc(OC)cc2)NC(=S)NCCc2cncn2C)CC1. The van der Waals surface area contributed by atoms with E-state index in [0.29, 0.717) is 56.5 Å². The Balaban J connectivity index is 1.43. The molecule has 4 rings (SSSR count). The van der Waals surface area contributed by atoms with Crippen molar-refractivity contribution in [2.24, 2.45) is 18.4 Å². The first-order chi connectivity index (χ1) is 19.9. The molecular formula is C31H45N5O4S. The number of methoxy groups -OCH3 is 1. The molecule has 10 heteroatoms. The number of piperidine rings is 1. The van der Waals surface area contributed by atoms with Gasteiger partial charge < -0.3 is 29.6 Å². The first-order valence-corrected chi connectivity index (χ1v) is 15.4. The molecule has 1 amide bonds. The van der Waals surface area contributed by atoms with Crippen molar-refractivity contribution in [3.05, 3.63) is 48.0 Å². The third-order valence-corrected chi connectivity index (χ3v) is 9.08. The Labute approximate surface area is 249 Å². The smallest absolute Gasteiger partial charge is 0.312 e. The van der Waals surface area contributed by atoms with E-state index in [0.717, 1.165) is 49.1 Å². The van der Waals surface area contributed by atoms with E-state index in [1.807, 2.05) is 53.9 Å². The number of esters is 1. The molecule has 1 aliphatic heterocycles. The largest absolute Gasteiger partial charge is 0.497 e. The normalized spacial score (nSPS) is 17.9. The van der Waals surface area contributed by atoms with Gasteiger partial charge in [-0.2, -0.15) is 0 Å². The average molecular weight is 584 g/mol. The van der Waals surface area contributed by atoms with E-state index in [4.69, 9.17) is 21.7 Å². The first kappa shape index (κ1) is 30.8. The van der Waals surface area contributed by atoms with E-state index in [1.54, 1.807) is 13.4 Å². The third kappa shape index (κ3) is 7.78. The van der Waals surface area contributed by atoms with E-state index in [-0.39, 0.29) is 11.9 Å². The fraction of sp³-hybridized carbons (Fsp3) is 0.613. The predicted molar refractivity (Wildman–Crippen MR) is 163 cm³/mol. The van der Waals surface area contributed by atoms with Gasteiger partial charge in [0.1, 0.15) is 11.8 Å². The number of hydrogen-bond acceptors (Lipinski definition) is 6. The lowest BCUT2D eigenvalue weighted by Crippen LogP contribution is -2.56. The van der Waals surface area contributed by atoms with Gasteiger partial charge in [-0.3, -0.25) is 9.59 Å². The second kappa shape index (κ2) is 14.7. The first-order valence-electron chi connectivity index (χ1n) is 14.9. The highest BCUT2D eigenvalue weighted by atomic mass is 32.1. The number of aryl methyl sites for hydroxylation is 1. The predicted octanol–water partition coefficient (Wildman–Crippen LogP) is 3.80. The summed E-state index contributed by atoms with van der Waals surface area (Å²) in [6.07, 6.45) is 11.8. The molecule has 1 aliphatic carbocycles. The lowest BCUT2D eigenvalue weighted by molar-refractivity contribution is -0.166. The number of likely N-dealkylation sites (tertiary alicyclic amines) is 1. The number of amides is 1. The molecule has 1 unspecified atom stereocenters. The fourth-order valence-corrected chi connectivity index (χ4v) is 6.64. The molecule has 1 saturated carbocycles. The van der Waals surface area contributed by atoms with Crippen LogP contribution < -0.4 is 15.4 Å². The Kier molecular flexibility index (Phi) is 11.0. The molecule has 2 heterocycles. The van der Waals surface area contributed by atoms with E-state index >= 15 is 0 Å². The summed E-state index contributed by atoms with van der Waals surface area (Å²) >= 11 is 5.62. The zero-order valence-electron chi connectivity index (χ0n) is 24.7. The summed E-state index contributed by atoms with van der Waals surface area (Å²) < 4.78 is 12.9. The number of hydrogen-bond donors (Lipinski definition) is 2. The molecule has 1 saturated heterocycles. The number of nitrogens with one attached hydrogen (secondary N) is 2. The Hall–Kier alpha value is -3.14. The van der Waals surface area contributed by atoms with Gasteiger partial charge >= 0.3 is 5.97 Å². The molecule has 0 radical (unpaired) electrons. The zero-order chi connectivity index (χ0) is 29.2. The number of ether oxygens (including phenoxy) is 2. The van der Waals surface area contributed by atoms with E-state index in [1.165, 1.54) is 6.42 Å². The van der Waals surface area contributed by atoms with Crippen LogP contribution in [0.3, 0.4) is 0 Å². The van der Waals surface area contributed by atoms with Crippen molar-refractivity contribution in [2.45, 2.75) is 70.8 Å². The molecule has 41 heavy (non-hydrogen) atoms. The van der Waals surface area contributed by atoms with Crippen LogP contribution in [-0.4, -0.2) is 70.8 Å². The number of imidazole rings is 1. The monoisotopic (exact) mass is 583 g/mol. The number of carbonyl (C=O) groups is 2. The molecule has 2 fully saturated rings. The minimum atomic E-state index is -0.537. The minimum Gasteiger partial charge on any atom is -0.497 e. The van der Waals surface area contributed by atoms with Crippen LogP contribution in [0.2, 0.25) is 0 Å². The van der Waals surface area contributed by atoms with Gasteiger partial charge in [-0.15, -0.1) is 0 Å². The maximum Gasteiger partial charge on any atom is 0.312 e. The molecule has 1 aromatic heterocycles. The summed E-state index contributed by atoms with van der Waals surface area (Å²) in [4.78, 5) is 33.3. The molecular weight excluding hydrogens is 538 g/mol.